The van der Waals surface area contributed by atoms with Gasteiger partial charge in [-0.2, -0.15) is 0 Å². The summed E-state index contributed by atoms with van der Waals surface area (Å²) in [4.78, 5) is 12.5. The summed E-state index contributed by atoms with van der Waals surface area (Å²) in [5.74, 6) is -0.145. The minimum absolute atomic E-state index is 0.145. The van der Waals surface area contributed by atoms with Gasteiger partial charge in [0.1, 0.15) is 6.10 Å². The van der Waals surface area contributed by atoms with Gasteiger partial charge in [-0.05, 0) is 38.5 Å². The fourth-order valence-electron chi connectivity index (χ4n) is 10.3. The van der Waals surface area contributed by atoms with Crippen LogP contribution in [0.3, 0.4) is 0 Å². The molecule has 68 heavy (non-hydrogen) atoms. The summed E-state index contributed by atoms with van der Waals surface area (Å²) in [7, 11) is 0. The van der Waals surface area contributed by atoms with Gasteiger partial charge in [0.15, 0.2) is 0 Å². The average molecular weight is 961 g/mol. The summed E-state index contributed by atoms with van der Waals surface area (Å²) < 4.78 is 0. The second kappa shape index (κ2) is 58.7. The van der Waals surface area contributed by atoms with Crippen LogP contribution >= 0.6 is 0 Å². The molecule has 0 aromatic heterocycles. The number of hydrogen-bond acceptors (Lipinski definition) is 4. The number of aliphatic hydroxyl groups is 3. The van der Waals surface area contributed by atoms with Gasteiger partial charge in [-0.25, -0.2) is 0 Å². The Labute approximate surface area is 427 Å². The van der Waals surface area contributed by atoms with E-state index in [0.29, 0.717) is 12.8 Å². The number of rotatable bonds is 59. The van der Waals surface area contributed by atoms with Gasteiger partial charge in [-0.1, -0.05) is 328 Å². The number of carbonyl (C=O) groups is 1. The Balaban J connectivity index is 3.48. The van der Waals surface area contributed by atoms with Crippen LogP contribution in [0, 0.1) is 0 Å². The minimum Gasteiger partial charge on any atom is -0.394 e. The third kappa shape index (κ3) is 52.9. The van der Waals surface area contributed by atoms with Crippen molar-refractivity contribution in [3.63, 3.8) is 0 Å². The monoisotopic (exact) mass is 960 g/mol. The quantitative estimate of drug-likeness (QED) is 0.0361. The maximum absolute atomic E-state index is 12.5. The lowest BCUT2D eigenvalue weighted by molar-refractivity contribution is -0.124. The lowest BCUT2D eigenvalue weighted by Crippen LogP contribution is -2.50. The Bertz CT molecular complexity index is 971. The number of allylic oxidation sites excluding steroid dienone is 2. The molecule has 0 rings (SSSR count). The Morgan fingerprint density at radius 1 is 0.353 bits per heavy atom. The molecule has 0 aliphatic rings. The van der Waals surface area contributed by atoms with E-state index in [0.717, 1.165) is 38.5 Å². The smallest absolute Gasteiger partial charge is 0.220 e. The molecule has 0 saturated heterocycles. The van der Waals surface area contributed by atoms with E-state index in [-0.39, 0.29) is 12.5 Å². The molecule has 406 valence electrons. The van der Waals surface area contributed by atoms with Gasteiger partial charge >= 0.3 is 0 Å². The summed E-state index contributed by atoms with van der Waals surface area (Å²) in [6.45, 7) is 4.22. The Morgan fingerprint density at radius 3 is 0.853 bits per heavy atom. The van der Waals surface area contributed by atoms with Crippen LogP contribution in [0.1, 0.15) is 361 Å². The highest BCUT2D eigenvalue weighted by Gasteiger charge is 2.26. The summed E-state index contributed by atoms with van der Waals surface area (Å²) in [6.07, 6.45) is 74.1. The number of hydrogen-bond donors (Lipinski definition) is 4. The van der Waals surface area contributed by atoms with E-state index in [1.807, 2.05) is 0 Å². The van der Waals surface area contributed by atoms with Crippen molar-refractivity contribution >= 4 is 5.91 Å². The van der Waals surface area contributed by atoms with Crippen LogP contribution in [0.15, 0.2) is 12.2 Å². The van der Waals surface area contributed by atoms with E-state index in [1.54, 1.807) is 0 Å². The topological polar surface area (TPSA) is 89.8 Å². The molecule has 0 saturated carbocycles. The van der Waals surface area contributed by atoms with E-state index in [1.165, 1.54) is 295 Å². The molecular formula is C63H125NO4. The van der Waals surface area contributed by atoms with Crippen LogP contribution in [-0.4, -0.2) is 46.1 Å². The molecule has 0 aromatic carbocycles. The van der Waals surface area contributed by atoms with Crippen molar-refractivity contribution in [2.45, 2.75) is 379 Å². The Morgan fingerprint density at radius 2 is 0.588 bits per heavy atom. The maximum atomic E-state index is 12.5. The van der Waals surface area contributed by atoms with Crippen LogP contribution < -0.4 is 5.32 Å². The highest BCUT2D eigenvalue weighted by Crippen LogP contribution is 2.19. The first-order valence-corrected chi connectivity index (χ1v) is 31.5. The van der Waals surface area contributed by atoms with Crippen molar-refractivity contribution in [2.75, 3.05) is 6.61 Å². The summed E-state index contributed by atoms with van der Waals surface area (Å²) in [5, 5.41) is 33.8. The molecule has 1 amide bonds. The van der Waals surface area contributed by atoms with Crippen LogP contribution in [0.4, 0.5) is 0 Å². The van der Waals surface area contributed by atoms with Gasteiger partial charge in [0.2, 0.25) is 5.91 Å². The first kappa shape index (κ1) is 67.1. The van der Waals surface area contributed by atoms with Crippen molar-refractivity contribution in [1.29, 1.82) is 0 Å². The molecule has 3 atom stereocenters. The normalized spacial score (nSPS) is 13.2. The standard InChI is InChI=1S/C63H125NO4/c1-3-5-7-9-11-13-15-17-19-21-23-25-27-28-29-30-31-32-33-34-35-36-38-40-42-44-46-48-50-52-54-56-58-62(67)64-60(59-65)63(68)61(66)57-55-53-51-49-47-45-43-41-39-37-26-24-22-20-18-16-14-12-10-8-6-4-2/h49,51,60-61,63,65-66,68H,3-48,50,52-59H2,1-2H3,(H,64,67)/b51-49+. The number of aliphatic hydroxyl groups excluding tert-OH is 3. The zero-order chi connectivity index (χ0) is 49.3. The molecule has 0 heterocycles. The van der Waals surface area contributed by atoms with E-state index < -0.39 is 18.2 Å². The van der Waals surface area contributed by atoms with Crippen molar-refractivity contribution in [3.05, 3.63) is 12.2 Å². The molecule has 0 spiro atoms. The molecule has 0 aromatic rings. The fraction of sp³-hybridized carbons (Fsp3) is 0.952. The molecule has 0 aliphatic carbocycles. The summed E-state index contributed by atoms with van der Waals surface area (Å²) >= 11 is 0. The molecule has 3 unspecified atom stereocenters. The van der Waals surface area contributed by atoms with Gasteiger partial charge < -0.3 is 20.6 Å². The Kier molecular flexibility index (Phi) is 57.9. The largest absolute Gasteiger partial charge is 0.394 e. The zero-order valence-electron chi connectivity index (χ0n) is 46.5. The van der Waals surface area contributed by atoms with Crippen LogP contribution in [-0.2, 0) is 4.79 Å². The molecule has 5 nitrogen and oxygen atoms in total. The summed E-state index contributed by atoms with van der Waals surface area (Å²) in [5.41, 5.74) is 0. The number of nitrogens with one attached hydrogen (secondary N) is 1. The lowest BCUT2D eigenvalue weighted by atomic mass is 10.0. The van der Waals surface area contributed by atoms with E-state index in [4.69, 9.17) is 0 Å². The van der Waals surface area contributed by atoms with Crippen molar-refractivity contribution in [3.8, 4) is 0 Å². The van der Waals surface area contributed by atoms with Crippen molar-refractivity contribution in [1.82, 2.24) is 5.32 Å². The first-order chi connectivity index (χ1) is 33.6. The highest BCUT2D eigenvalue weighted by molar-refractivity contribution is 5.76. The predicted molar refractivity (Wildman–Crippen MR) is 301 cm³/mol. The van der Waals surface area contributed by atoms with Crippen LogP contribution in [0.5, 0.6) is 0 Å². The lowest BCUT2D eigenvalue weighted by Gasteiger charge is -2.26. The van der Waals surface area contributed by atoms with Gasteiger partial charge in [0.05, 0.1) is 18.8 Å². The number of unbranched alkanes of at least 4 members (excludes halogenated alkanes) is 49. The third-order valence-electron chi connectivity index (χ3n) is 15.1. The van der Waals surface area contributed by atoms with E-state index in [2.05, 4.69) is 31.3 Å². The molecule has 4 N–H and O–H groups in total. The highest BCUT2D eigenvalue weighted by atomic mass is 16.3. The maximum Gasteiger partial charge on any atom is 0.220 e. The number of carbonyl (C=O) groups excluding carboxylic acids is 1. The second-order valence-corrected chi connectivity index (χ2v) is 22.0. The first-order valence-electron chi connectivity index (χ1n) is 31.5. The third-order valence-corrected chi connectivity index (χ3v) is 15.1. The molecular weight excluding hydrogens is 835 g/mol. The van der Waals surface area contributed by atoms with Gasteiger partial charge in [0.25, 0.3) is 0 Å². The fourth-order valence-corrected chi connectivity index (χ4v) is 10.3. The Hall–Kier alpha value is -0.910. The average Bonchev–Trinajstić information content (AvgIpc) is 3.34. The zero-order valence-corrected chi connectivity index (χ0v) is 46.5. The van der Waals surface area contributed by atoms with Gasteiger partial charge in [0, 0.05) is 6.42 Å². The molecule has 5 heteroatoms. The van der Waals surface area contributed by atoms with Crippen molar-refractivity contribution < 1.29 is 20.1 Å². The van der Waals surface area contributed by atoms with Crippen LogP contribution in [0.25, 0.3) is 0 Å². The summed E-state index contributed by atoms with van der Waals surface area (Å²) in [6, 6.07) is -0.823. The second-order valence-electron chi connectivity index (χ2n) is 22.0. The van der Waals surface area contributed by atoms with Gasteiger partial charge in [-0.15, -0.1) is 0 Å². The molecule has 0 fully saturated rings. The number of amides is 1. The minimum atomic E-state index is -1.16. The SMILES string of the molecule is CCCCCCCCCCCCCCCCCCC/C=C/CCCC(O)C(O)C(CO)NC(=O)CCCCCCCCCCCCCCCCCCCCCCCCCCCCCCCCCC. The van der Waals surface area contributed by atoms with E-state index >= 15 is 0 Å². The molecule has 0 aliphatic heterocycles. The van der Waals surface area contributed by atoms with Crippen LogP contribution in [0.2, 0.25) is 0 Å². The molecule has 0 radical (unpaired) electrons. The predicted octanol–water partition coefficient (Wildman–Crippen LogP) is 19.8. The molecule has 0 bridgehead atoms. The van der Waals surface area contributed by atoms with E-state index in [9.17, 15) is 20.1 Å². The van der Waals surface area contributed by atoms with Gasteiger partial charge in [-0.3, -0.25) is 4.79 Å². The van der Waals surface area contributed by atoms with Crippen molar-refractivity contribution in [2.24, 2.45) is 0 Å².